The number of unbranched alkanes of at least 4 members (excludes halogenated alkanes) is 15. The van der Waals surface area contributed by atoms with Gasteiger partial charge in [0.05, 0.1) is 25.4 Å². The average Bonchev–Trinajstić information content (AvgIpc) is 3.41. The molecule has 0 aromatic rings. The van der Waals surface area contributed by atoms with Crippen LogP contribution in [0.2, 0.25) is 0 Å². The fourth-order valence-corrected chi connectivity index (χ4v) is 8.08. The van der Waals surface area contributed by atoms with Gasteiger partial charge in [-0.1, -0.05) is 225 Å². The van der Waals surface area contributed by atoms with Crippen LogP contribution in [0.4, 0.5) is 0 Å². The molecule has 1 saturated heterocycles. The standard InChI is InChI=1S/C64H103NO10/c1-4-7-10-13-16-19-22-24-26-27-28-29-30-32-33-36-39-42-45-48-51-57(68)63(72)65-55(56(67)50-47-44-41-38-35-21-18-15-12-9-6-3)54-73-64-62(61(71)60(70)58(53-66)74-64)75-59(69)52-49-46-43-40-37-34-31-25-23-20-17-14-11-8-5-2/h7-8,10-11,14,16-17,19-20,23-26,28-29,31-33,39,42,47,50,55-58,60-62,64,66-68,70-71H,4-6,9,12-13,15,18,21-22,27,30,34-38,40-41,43-46,48-49,51-54H2,1-3H3,(H,65,72)/b10-7-,11-8+,17-14+,19-16-,23-20+,26-24-,29-28-,31-25-,33-32-,42-39-,50-47+. The number of hydrogen-bond acceptors (Lipinski definition) is 10. The Balaban J connectivity index is 2.77. The zero-order valence-electron chi connectivity index (χ0n) is 46.6. The van der Waals surface area contributed by atoms with Crippen molar-refractivity contribution in [1.82, 2.24) is 5.32 Å². The number of esters is 1. The Kier molecular flexibility index (Phi) is 46.4. The number of aliphatic hydroxyl groups is 5. The van der Waals surface area contributed by atoms with Gasteiger partial charge in [-0.15, -0.1) is 0 Å². The molecule has 1 aliphatic heterocycles. The van der Waals surface area contributed by atoms with Gasteiger partial charge in [0.1, 0.15) is 24.4 Å². The van der Waals surface area contributed by atoms with Crippen molar-refractivity contribution in [2.75, 3.05) is 13.2 Å². The number of aliphatic hydroxyl groups excluding tert-OH is 5. The van der Waals surface area contributed by atoms with Gasteiger partial charge in [0.15, 0.2) is 12.4 Å². The molecule has 1 aliphatic rings. The smallest absolute Gasteiger partial charge is 0.306 e. The van der Waals surface area contributed by atoms with Crippen molar-refractivity contribution in [3.8, 4) is 0 Å². The Morgan fingerprint density at radius 1 is 0.547 bits per heavy atom. The van der Waals surface area contributed by atoms with E-state index in [-0.39, 0.29) is 19.4 Å². The molecule has 0 aromatic carbocycles. The van der Waals surface area contributed by atoms with Crippen molar-refractivity contribution in [1.29, 1.82) is 0 Å². The lowest BCUT2D eigenvalue weighted by Gasteiger charge is -2.41. The Hall–Kier alpha value is -4.20. The van der Waals surface area contributed by atoms with Gasteiger partial charge in [0.25, 0.3) is 0 Å². The predicted molar refractivity (Wildman–Crippen MR) is 310 cm³/mol. The summed E-state index contributed by atoms with van der Waals surface area (Å²) in [4.78, 5) is 26.5. The summed E-state index contributed by atoms with van der Waals surface area (Å²) in [6.45, 7) is 5.45. The zero-order valence-corrected chi connectivity index (χ0v) is 46.6. The fraction of sp³-hybridized carbons (Fsp3) is 0.625. The molecule has 8 unspecified atom stereocenters. The van der Waals surface area contributed by atoms with Gasteiger partial charge in [-0.3, -0.25) is 9.59 Å². The summed E-state index contributed by atoms with van der Waals surface area (Å²) in [7, 11) is 0. The van der Waals surface area contributed by atoms with Crippen molar-refractivity contribution in [3.63, 3.8) is 0 Å². The number of rotatable bonds is 46. The summed E-state index contributed by atoms with van der Waals surface area (Å²) in [5, 5.41) is 56.8. The number of allylic oxidation sites excluding steroid dienone is 21. The van der Waals surface area contributed by atoms with Crippen molar-refractivity contribution in [2.45, 2.75) is 243 Å². The minimum absolute atomic E-state index is 0.0836. The maximum Gasteiger partial charge on any atom is 0.306 e. The lowest BCUT2D eigenvalue weighted by atomic mass is 9.99. The quantitative estimate of drug-likeness (QED) is 0.0149. The number of carbonyl (C=O) groups is 2. The predicted octanol–water partition coefficient (Wildman–Crippen LogP) is 13.3. The van der Waals surface area contributed by atoms with E-state index in [4.69, 9.17) is 14.2 Å². The highest BCUT2D eigenvalue weighted by atomic mass is 16.7. The topological polar surface area (TPSA) is 175 Å². The van der Waals surface area contributed by atoms with Gasteiger partial charge < -0.3 is 45.1 Å². The molecule has 11 heteroatoms. The van der Waals surface area contributed by atoms with Crippen LogP contribution in [0.1, 0.15) is 194 Å². The van der Waals surface area contributed by atoms with Crippen LogP contribution in [0, 0.1) is 0 Å². The number of nitrogens with one attached hydrogen (secondary N) is 1. The highest BCUT2D eigenvalue weighted by Gasteiger charge is 2.47. The highest BCUT2D eigenvalue weighted by Crippen LogP contribution is 2.26. The van der Waals surface area contributed by atoms with Crippen LogP contribution in [0.15, 0.2) is 134 Å². The monoisotopic (exact) mass is 1050 g/mol. The summed E-state index contributed by atoms with van der Waals surface area (Å²) in [6, 6.07) is -1.06. The summed E-state index contributed by atoms with van der Waals surface area (Å²) < 4.78 is 17.5. The first-order valence-electron chi connectivity index (χ1n) is 29.0. The largest absolute Gasteiger partial charge is 0.454 e. The minimum Gasteiger partial charge on any atom is -0.454 e. The Bertz CT molecular complexity index is 1720. The second-order valence-electron chi connectivity index (χ2n) is 19.3. The first-order chi connectivity index (χ1) is 36.7. The molecular formula is C64H103NO10. The first-order valence-corrected chi connectivity index (χ1v) is 29.0. The third-order valence-corrected chi connectivity index (χ3v) is 12.6. The van der Waals surface area contributed by atoms with E-state index in [1.165, 1.54) is 38.5 Å². The molecule has 1 fully saturated rings. The molecule has 1 heterocycles. The van der Waals surface area contributed by atoms with E-state index in [0.29, 0.717) is 19.3 Å². The molecule has 0 saturated carbocycles. The van der Waals surface area contributed by atoms with E-state index < -0.39 is 67.4 Å². The highest BCUT2D eigenvalue weighted by molar-refractivity contribution is 5.80. The molecule has 1 rings (SSSR count). The van der Waals surface area contributed by atoms with E-state index in [0.717, 1.165) is 103 Å². The zero-order chi connectivity index (χ0) is 54.7. The lowest BCUT2D eigenvalue weighted by molar-refractivity contribution is -0.305. The van der Waals surface area contributed by atoms with Crippen LogP contribution < -0.4 is 5.32 Å². The number of hydrogen-bond donors (Lipinski definition) is 6. The fourth-order valence-electron chi connectivity index (χ4n) is 8.08. The van der Waals surface area contributed by atoms with Crippen molar-refractivity contribution in [3.05, 3.63) is 134 Å². The van der Waals surface area contributed by atoms with Crippen LogP contribution >= 0.6 is 0 Å². The van der Waals surface area contributed by atoms with Gasteiger partial charge in [0.2, 0.25) is 5.91 Å². The molecular weight excluding hydrogens is 943 g/mol. The SMILES string of the molecule is CC/C=C\C/C=C\C/C=C\C/C=C\C/C=C\C/C=C\CCCC(O)C(=O)NC(COC1OC(CO)C(O)C(O)C1OC(=O)CCCCCCC\C=C/C=C/C=C/C=C/CC)C(O)/C=C/CCCCCCCCCCC. The lowest BCUT2D eigenvalue weighted by Crippen LogP contribution is -2.61. The van der Waals surface area contributed by atoms with E-state index in [1.807, 2.05) is 48.6 Å². The maximum atomic E-state index is 13.4. The molecule has 0 aromatic heterocycles. The molecule has 0 bridgehead atoms. The third kappa shape index (κ3) is 38.9. The number of carbonyl (C=O) groups excluding carboxylic acids is 2. The van der Waals surface area contributed by atoms with Crippen molar-refractivity contribution >= 4 is 11.9 Å². The van der Waals surface area contributed by atoms with Crippen LogP contribution in [0.25, 0.3) is 0 Å². The molecule has 0 spiro atoms. The minimum atomic E-state index is -1.64. The van der Waals surface area contributed by atoms with Crippen LogP contribution in [0.5, 0.6) is 0 Å². The van der Waals surface area contributed by atoms with Crippen LogP contribution in [-0.4, -0.2) is 99.6 Å². The summed E-state index contributed by atoms with van der Waals surface area (Å²) in [5.41, 5.74) is 0. The van der Waals surface area contributed by atoms with Gasteiger partial charge in [-0.2, -0.15) is 0 Å². The van der Waals surface area contributed by atoms with E-state index in [2.05, 4.69) is 105 Å². The number of amides is 1. The summed E-state index contributed by atoms with van der Waals surface area (Å²) in [5.74, 6) is -1.28. The molecule has 0 aliphatic carbocycles. The van der Waals surface area contributed by atoms with Crippen molar-refractivity contribution in [2.24, 2.45) is 0 Å². The normalized spacial score (nSPS) is 20.2. The Morgan fingerprint density at radius 2 is 1.03 bits per heavy atom. The molecule has 1 amide bonds. The van der Waals surface area contributed by atoms with Gasteiger partial charge in [-0.05, 0) is 96.3 Å². The summed E-state index contributed by atoms with van der Waals surface area (Å²) in [6.07, 6.45) is 60.7. The molecule has 424 valence electrons. The Labute approximate surface area is 454 Å². The molecule has 8 atom stereocenters. The van der Waals surface area contributed by atoms with Crippen molar-refractivity contribution < 1.29 is 49.3 Å². The van der Waals surface area contributed by atoms with E-state index in [1.54, 1.807) is 6.08 Å². The van der Waals surface area contributed by atoms with Crippen LogP contribution in [-0.2, 0) is 23.8 Å². The maximum absolute atomic E-state index is 13.4. The first kappa shape index (κ1) is 68.8. The van der Waals surface area contributed by atoms with Gasteiger partial charge >= 0.3 is 5.97 Å². The van der Waals surface area contributed by atoms with Gasteiger partial charge in [0, 0.05) is 6.42 Å². The molecule has 11 nitrogen and oxygen atoms in total. The third-order valence-electron chi connectivity index (χ3n) is 12.6. The second kappa shape index (κ2) is 50.6. The molecule has 6 N–H and O–H groups in total. The van der Waals surface area contributed by atoms with E-state index in [9.17, 15) is 35.1 Å². The van der Waals surface area contributed by atoms with E-state index >= 15 is 0 Å². The number of ether oxygens (including phenoxy) is 3. The molecule has 75 heavy (non-hydrogen) atoms. The van der Waals surface area contributed by atoms with Gasteiger partial charge in [-0.25, -0.2) is 0 Å². The summed E-state index contributed by atoms with van der Waals surface area (Å²) >= 11 is 0. The Morgan fingerprint density at radius 3 is 1.59 bits per heavy atom. The average molecular weight is 1050 g/mol. The molecule has 0 radical (unpaired) electrons. The second-order valence-corrected chi connectivity index (χ2v) is 19.3. The van der Waals surface area contributed by atoms with Crippen LogP contribution in [0.3, 0.4) is 0 Å².